The Kier molecular flexibility index (Phi) is 2.41. The number of nitriles is 1. The Morgan fingerprint density at radius 1 is 1.62 bits per heavy atom. The molecule has 4 heteroatoms. The molecule has 0 saturated carbocycles. The number of nitrogens with zero attached hydrogens (tertiary/aromatic N) is 1. The van der Waals surface area contributed by atoms with E-state index in [0.29, 0.717) is 0 Å². The Hall–Kier alpha value is -1.86. The third-order valence-electron chi connectivity index (χ3n) is 2.62. The van der Waals surface area contributed by atoms with Gasteiger partial charge in [0, 0.05) is 0 Å². The summed E-state index contributed by atoms with van der Waals surface area (Å²) in [6.45, 7) is 1.94. The first-order chi connectivity index (χ1) is 7.64. The summed E-state index contributed by atoms with van der Waals surface area (Å²) in [5.74, 6) is -0.637. The molecular weight excluding hydrogens is 206 g/mol. The molecule has 0 amide bonds. The van der Waals surface area contributed by atoms with Crippen LogP contribution in [0.1, 0.15) is 17.2 Å². The van der Waals surface area contributed by atoms with Crippen molar-refractivity contribution in [2.24, 2.45) is 0 Å². The van der Waals surface area contributed by atoms with Crippen molar-refractivity contribution in [3.05, 3.63) is 35.4 Å². The van der Waals surface area contributed by atoms with Crippen molar-refractivity contribution < 1.29 is 14.3 Å². The molecule has 1 aliphatic rings. The lowest BCUT2D eigenvalue weighted by Crippen LogP contribution is -2.24. The van der Waals surface area contributed by atoms with Crippen LogP contribution in [-0.2, 0) is 14.3 Å². The van der Waals surface area contributed by atoms with Gasteiger partial charge >= 0.3 is 5.97 Å². The van der Waals surface area contributed by atoms with Crippen molar-refractivity contribution in [2.45, 2.75) is 18.6 Å². The van der Waals surface area contributed by atoms with Crippen LogP contribution in [0.5, 0.6) is 0 Å². The molecule has 1 saturated heterocycles. The highest BCUT2D eigenvalue weighted by molar-refractivity contribution is 5.87. The first-order valence-electron chi connectivity index (χ1n) is 4.88. The first kappa shape index (κ1) is 10.7. The Morgan fingerprint density at radius 3 is 2.94 bits per heavy atom. The van der Waals surface area contributed by atoms with Crippen LogP contribution in [-0.4, -0.2) is 18.7 Å². The molecule has 0 bridgehead atoms. The number of carbonyl (C=O) groups excluding carboxylic acids is 1. The summed E-state index contributed by atoms with van der Waals surface area (Å²) < 4.78 is 9.78. The summed E-state index contributed by atoms with van der Waals surface area (Å²) >= 11 is 0. The Balaban J connectivity index is 2.28. The zero-order valence-corrected chi connectivity index (χ0v) is 9.06. The predicted octanol–water partition coefficient (Wildman–Crippen LogP) is 1.50. The summed E-state index contributed by atoms with van der Waals surface area (Å²) in [6, 6.07) is 9.41. The molecule has 1 aliphatic heterocycles. The van der Waals surface area contributed by atoms with Gasteiger partial charge in [0.2, 0.25) is 0 Å². The zero-order chi connectivity index (χ0) is 11.8. The van der Waals surface area contributed by atoms with Gasteiger partial charge in [-0.3, -0.25) is 0 Å². The van der Waals surface area contributed by atoms with Crippen molar-refractivity contribution in [1.29, 1.82) is 5.26 Å². The number of ether oxygens (including phenoxy) is 2. The van der Waals surface area contributed by atoms with E-state index in [9.17, 15) is 4.79 Å². The van der Waals surface area contributed by atoms with Crippen LogP contribution in [0.25, 0.3) is 0 Å². The molecule has 0 N–H and O–H groups in total. The number of esters is 1. The number of rotatable bonds is 2. The maximum absolute atomic E-state index is 11.4. The highest BCUT2D eigenvalue weighted by Gasteiger charge is 2.65. The van der Waals surface area contributed by atoms with E-state index in [-0.39, 0.29) is 0 Å². The highest BCUT2D eigenvalue weighted by atomic mass is 16.7. The number of epoxide rings is 1. The smallest absolute Gasteiger partial charge is 0.356 e. The summed E-state index contributed by atoms with van der Waals surface area (Å²) in [6.07, 6.45) is -0.509. The monoisotopic (exact) mass is 217 g/mol. The molecule has 0 aromatic heterocycles. The number of methoxy groups -OCH3 is 1. The third kappa shape index (κ3) is 1.46. The molecule has 1 fully saturated rings. The van der Waals surface area contributed by atoms with Gasteiger partial charge in [0.15, 0.2) is 0 Å². The number of aryl methyl sites for hydroxylation is 1. The van der Waals surface area contributed by atoms with Gasteiger partial charge in [-0.2, -0.15) is 5.26 Å². The van der Waals surface area contributed by atoms with E-state index in [1.807, 2.05) is 37.3 Å². The van der Waals surface area contributed by atoms with E-state index >= 15 is 0 Å². The fourth-order valence-corrected chi connectivity index (χ4v) is 1.73. The third-order valence-corrected chi connectivity index (χ3v) is 2.62. The van der Waals surface area contributed by atoms with Crippen molar-refractivity contribution in [1.82, 2.24) is 0 Å². The van der Waals surface area contributed by atoms with Crippen LogP contribution >= 0.6 is 0 Å². The lowest BCUT2D eigenvalue weighted by Gasteiger charge is -2.01. The Bertz CT molecular complexity index is 477. The minimum absolute atomic E-state index is 0.509. The normalized spacial score (nSPS) is 26.9. The van der Waals surface area contributed by atoms with Crippen LogP contribution in [0.4, 0.5) is 0 Å². The van der Waals surface area contributed by atoms with E-state index in [0.717, 1.165) is 11.1 Å². The number of hydrogen-bond acceptors (Lipinski definition) is 4. The summed E-state index contributed by atoms with van der Waals surface area (Å²) in [7, 11) is 1.25. The average Bonchev–Trinajstić information content (AvgIpc) is 3.04. The fraction of sp³-hybridized carbons (Fsp3) is 0.333. The molecule has 4 nitrogen and oxygen atoms in total. The Morgan fingerprint density at radius 2 is 2.38 bits per heavy atom. The predicted molar refractivity (Wildman–Crippen MR) is 55.4 cm³/mol. The zero-order valence-electron chi connectivity index (χ0n) is 9.06. The van der Waals surface area contributed by atoms with Gasteiger partial charge < -0.3 is 9.47 Å². The number of benzene rings is 1. The van der Waals surface area contributed by atoms with E-state index in [1.165, 1.54) is 7.11 Å². The largest absolute Gasteiger partial charge is 0.466 e. The molecular formula is C12H11NO3. The minimum Gasteiger partial charge on any atom is -0.466 e. The quantitative estimate of drug-likeness (QED) is 0.556. The van der Waals surface area contributed by atoms with Gasteiger partial charge in [0.05, 0.1) is 7.11 Å². The molecule has 2 unspecified atom stereocenters. The summed E-state index contributed by atoms with van der Waals surface area (Å²) in [5.41, 5.74) is 0.444. The van der Waals surface area contributed by atoms with Gasteiger partial charge in [-0.05, 0) is 12.5 Å². The standard InChI is InChI=1S/C12H11NO3/c1-8-4-3-5-9(6-8)10-12(7-13,16-10)11(14)15-2/h3-6,10H,1-2H3. The number of hydrogen-bond donors (Lipinski definition) is 0. The molecule has 0 radical (unpaired) electrons. The van der Waals surface area contributed by atoms with Crippen LogP contribution < -0.4 is 0 Å². The topological polar surface area (TPSA) is 62.6 Å². The second-order valence-corrected chi connectivity index (χ2v) is 3.75. The average molecular weight is 217 g/mol. The van der Waals surface area contributed by atoms with Crippen molar-refractivity contribution >= 4 is 5.97 Å². The molecule has 16 heavy (non-hydrogen) atoms. The van der Waals surface area contributed by atoms with E-state index < -0.39 is 17.7 Å². The minimum atomic E-state index is -1.44. The summed E-state index contributed by atoms with van der Waals surface area (Å²) in [5, 5.41) is 8.98. The fourth-order valence-electron chi connectivity index (χ4n) is 1.73. The van der Waals surface area contributed by atoms with E-state index in [1.54, 1.807) is 0 Å². The van der Waals surface area contributed by atoms with Crippen molar-refractivity contribution in [3.8, 4) is 6.07 Å². The molecule has 1 heterocycles. The SMILES string of the molecule is COC(=O)C1(C#N)OC1c1cccc(C)c1. The van der Waals surface area contributed by atoms with Crippen LogP contribution in [0.2, 0.25) is 0 Å². The molecule has 1 aromatic carbocycles. The second kappa shape index (κ2) is 3.62. The van der Waals surface area contributed by atoms with Crippen molar-refractivity contribution in [3.63, 3.8) is 0 Å². The summed E-state index contributed by atoms with van der Waals surface area (Å²) in [4.78, 5) is 11.4. The van der Waals surface area contributed by atoms with Gasteiger partial charge in [-0.15, -0.1) is 0 Å². The van der Waals surface area contributed by atoms with E-state index in [2.05, 4.69) is 4.74 Å². The van der Waals surface area contributed by atoms with Crippen LogP contribution in [0, 0.1) is 18.3 Å². The highest BCUT2D eigenvalue weighted by Crippen LogP contribution is 2.50. The molecule has 2 atom stereocenters. The van der Waals surface area contributed by atoms with E-state index in [4.69, 9.17) is 10.00 Å². The van der Waals surface area contributed by atoms with Gasteiger partial charge in [-0.25, -0.2) is 4.79 Å². The molecule has 2 rings (SSSR count). The number of carbonyl (C=O) groups is 1. The van der Waals surface area contributed by atoms with Crippen molar-refractivity contribution in [2.75, 3.05) is 7.11 Å². The Labute approximate surface area is 93.4 Å². The molecule has 82 valence electrons. The first-order valence-corrected chi connectivity index (χ1v) is 4.88. The van der Waals surface area contributed by atoms with Crippen LogP contribution in [0.3, 0.4) is 0 Å². The second-order valence-electron chi connectivity index (χ2n) is 3.75. The molecule has 0 aliphatic carbocycles. The van der Waals surface area contributed by atoms with Gasteiger partial charge in [0.1, 0.15) is 12.2 Å². The maximum Gasteiger partial charge on any atom is 0.356 e. The lowest BCUT2D eigenvalue weighted by atomic mass is 9.99. The van der Waals surface area contributed by atoms with Gasteiger partial charge in [0.25, 0.3) is 5.60 Å². The maximum atomic E-state index is 11.4. The van der Waals surface area contributed by atoms with Crippen LogP contribution in [0.15, 0.2) is 24.3 Å². The lowest BCUT2D eigenvalue weighted by molar-refractivity contribution is -0.144. The molecule has 0 spiro atoms. The molecule has 1 aromatic rings. The van der Waals surface area contributed by atoms with Gasteiger partial charge in [-0.1, -0.05) is 29.8 Å².